The molecule has 1 aliphatic rings. The molecule has 0 bridgehead atoms. The molecule has 0 aromatic heterocycles. The fraction of sp³-hybridized carbons (Fsp3) is 0.308. The van der Waals surface area contributed by atoms with E-state index in [1.807, 2.05) is 17.8 Å². The summed E-state index contributed by atoms with van der Waals surface area (Å²) in [6.45, 7) is 0. The monoisotopic (exact) mass is 218 g/mol. The summed E-state index contributed by atoms with van der Waals surface area (Å²) in [7, 11) is 0. The molecule has 0 saturated carbocycles. The summed E-state index contributed by atoms with van der Waals surface area (Å²) >= 11 is 1.82. The zero-order valence-corrected chi connectivity index (χ0v) is 9.64. The van der Waals surface area contributed by atoms with Crippen LogP contribution in [0.2, 0.25) is 0 Å². The summed E-state index contributed by atoms with van der Waals surface area (Å²) in [5, 5.41) is 0. The van der Waals surface area contributed by atoms with Crippen molar-refractivity contribution < 1.29 is 4.79 Å². The fourth-order valence-corrected chi connectivity index (χ4v) is 2.49. The summed E-state index contributed by atoms with van der Waals surface area (Å²) in [4.78, 5) is 11.2. The van der Waals surface area contributed by atoms with Crippen LogP contribution in [0.15, 0.2) is 30.3 Å². The van der Waals surface area contributed by atoms with Crippen LogP contribution in [0, 0.1) is 0 Å². The second-order valence-electron chi connectivity index (χ2n) is 3.73. The number of ketones is 1. The summed E-state index contributed by atoms with van der Waals surface area (Å²) in [6, 6.07) is 8.38. The third-order valence-corrected chi connectivity index (χ3v) is 3.24. The minimum atomic E-state index is 0.268. The number of rotatable bonds is 3. The first-order chi connectivity index (χ1) is 7.31. The summed E-state index contributed by atoms with van der Waals surface area (Å²) in [5.74, 6) is 1.28. The van der Waals surface area contributed by atoms with Crippen molar-refractivity contribution >= 4 is 23.1 Å². The SMILES string of the molecule is CSCc1ccccc1C1=CC(=O)CC1. The maximum atomic E-state index is 11.2. The fourth-order valence-electron chi connectivity index (χ4n) is 1.92. The Hall–Kier alpha value is -1.02. The third-order valence-electron chi connectivity index (χ3n) is 2.64. The van der Waals surface area contributed by atoms with Crippen LogP contribution >= 0.6 is 11.8 Å². The van der Waals surface area contributed by atoms with Gasteiger partial charge in [-0.2, -0.15) is 11.8 Å². The smallest absolute Gasteiger partial charge is 0.156 e. The Kier molecular flexibility index (Phi) is 3.27. The van der Waals surface area contributed by atoms with Crippen LogP contribution in [0.25, 0.3) is 5.57 Å². The maximum Gasteiger partial charge on any atom is 0.156 e. The van der Waals surface area contributed by atoms with Gasteiger partial charge in [0.2, 0.25) is 0 Å². The lowest BCUT2D eigenvalue weighted by Crippen LogP contribution is -1.89. The summed E-state index contributed by atoms with van der Waals surface area (Å²) in [6.07, 6.45) is 5.50. The molecule has 15 heavy (non-hydrogen) atoms. The second-order valence-corrected chi connectivity index (χ2v) is 4.59. The van der Waals surface area contributed by atoms with Crippen LogP contribution in [0.1, 0.15) is 24.0 Å². The Labute approximate surface area is 94.6 Å². The topological polar surface area (TPSA) is 17.1 Å². The molecule has 1 aromatic carbocycles. The van der Waals surface area contributed by atoms with Gasteiger partial charge in [-0.1, -0.05) is 24.3 Å². The highest BCUT2D eigenvalue weighted by Gasteiger charge is 2.15. The first-order valence-corrected chi connectivity index (χ1v) is 6.51. The van der Waals surface area contributed by atoms with Gasteiger partial charge in [0.05, 0.1) is 0 Å². The van der Waals surface area contributed by atoms with Gasteiger partial charge in [0.15, 0.2) is 5.78 Å². The number of allylic oxidation sites excluding steroid dienone is 2. The molecule has 0 N–H and O–H groups in total. The highest BCUT2D eigenvalue weighted by Crippen LogP contribution is 2.29. The molecule has 0 heterocycles. The van der Waals surface area contributed by atoms with Crippen LogP contribution in [0.3, 0.4) is 0 Å². The summed E-state index contributed by atoms with van der Waals surface area (Å²) < 4.78 is 0. The molecule has 0 atom stereocenters. The van der Waals surface area contributed by atoms with Gasteiger partial charge in [0.1, 0.15) is 0 Å². The molecule has 1 aromatic rings. The van der Waals surface area contributed by atoms with Crippen molar-refractivity contribution in [2.45, 2.75) is 18.6 Å². The predicted octanol–water partition coefficient (Wildman–Crippen LogP) is 3.30. The lowest BCUT2D eigenvalue weighted by atomic mass is 10.0. The van der Waals surface area contributed by atoms with E-state index in [1.165, 1.54) is 16.7 Å². The molecule has 0 aliphatic heterocycles. The first-order valence-electron chi connectivity index (χ1n) is 5.12. The van der Waals surface area contributed by atoms with Crippen molar-refractivity contribution in [2.24, 2.45) is 0 Å². The van der Waals surface area contributed by atoms with E-state index in [4.69, 9.17) is 0 Å². The molecule has 2 heteroatoms. The van der Waals surface area contributed by atoms with E-state index in [0.717, 1.165) is 12.2 Å². The second kappa shape index (κ2) is 4.67. The molecular weight excluding hydrogens is 204 g/mol. The quantitative estimate of drug-likeness (QED) is 0.774. The molecule has 0 unspecified atom stereocenters. The van der Waals surface area contributed by atoms with E-state index in [9.17, 15) is 4.79 Å². The highest BCUT2D eigenvalue weighted by molar-refractivity contribution is 7.97. The molecule has 1 aliphatic carbocycles. The Morgan fingerprint density at radius 1 is 1.27 bits per heavy atom. The molecule has 0 fully saturated rings. The van der Waals surface area contributed by atoms with E-state index >= 15 is 0 Å². The first kappa shape index (κ1) is 10.5. The van der Waals surface area contributed by atoms with Gasteiger partial charge in [-0.25, -0.2) is 0 Å². The van der Waals surface area contributed by atoms with Crippen molar-refractivity contribution in [3.63, 3.8) is 0 Å². The number of hydrogen-bond acceptors (Lipinski definition) is 2. The van der Waals surface area contributed by atoms with Gasteiger partial charge in [0, 0.05) is 12.2 Å². The lowest BCUT2D eigenvalue weighted by molar-refractivity contribution is -0.114. The molecule has 0 saturated heterocycles. The minimum absolute atomic E-state index is 0.268. The van der Waals surface area contributed by atoms with Gasteiger partial charge in [-0.05, 0) is 35.5 Å². The molecule has 2 rings (SSSR count). The number of carbonyl (C=O) groups excluding carboxylic acids is 1. The van der Waals surface area contributed by atoms with Crippen LogP contribution in [-0.4, -0.2) is 12.0 Å². The highest BCUT2D eigenvalue weighted by atomic mass is 32.2. The van der Waals surface area contributed by atoms with Crippen molar-refractivity contribution in [3.8, 4) is 0 Å². The van der Waals surface area contributed by atoms with Gasteiger partial charge < -0.3 is 0 Å². The van der Waals surface area contributed by atoms with Crippen LogP contribution in [0.5, 0.6) is 0 Å². The van der Waals surface area contributed by atoms with Crippen molar-refractivity contribution in [3.05, 3.63) is 41.5 Å². The zero-order chi connectivity index (χ0) is 10.7. The van der Waals surface area contributed by atoms with E-state index in [1.54, 1.807) is 6.08 Å². The molecule has 78 valence electrons. The molecule has 0 radical (unpaired) electrons. The summed E-state index contributed by atoms with van der Waals surface area (Å²) in [5.41, 5.74) is 3.81. The van der Waals surface area contributed by atoms with E-state index in [-0.39, 0.29) is 5.78 Å². The predicted molar refractivity (Wildman–Crippen MR) is 65.9 cm³/mol. The van der Waals surface area contributed by atoms with Crippen LogP contribution < -0.4 is 0 Å². The van der Waals surface area contributed by atoms with Crippen LogP contribution in [-0.2, 0) is 10.5 Å². The minimum Gasteiger partial charge on any atom is -0.295 e. The molecule has 0 amide bonds. The Morgan fingerprint density at radius 2 is 2.07 bits per heavy atom. The third kappa shape index (κ3) is 2.32. The lowest BCUT2D eigenvalue weighted by Gasteiger charge is -2.08. The Bertz CT molecular complexity index is 407. The Balaban J connectivity index is 2.34. The van der Waals surface area contributed by atoms with Gasteiger partial charge in [0.25, 0.3) is 0 Å². The maximum absolute atomic E-state index is 11.2. The Morgan fingerprint density at radius 3 is 2.73 bits per heavy atom. The average molecular weight is 218 g/mol. The molecule has 1 nitrogen and oxygen atoms in total. The van der Waals surface area contributed by atoms with E-state index in [0.29, 0.717) is 6.42 Å². The number of benzene rings is 1. The number of carbonyl (C=O) groups is 1. The van der Waals surface area contributed by atoms with Gasteiger partial charge in [-0.15, -0.1) is 0 Å². The standard InChI is InChI=1S/C13H14OS/c1-15-9-11-4-2-3-5-13(11)10-6-7-12(14)8-10/h2-5,8H,6-7,9H2,1H3. The van der Waals surface area contributed by atoms with Crippen LogP contribution in [0.4, 0.5) is 0 Å². The van der Waals surface area contributed by atoms with E-state index in [2.05, 4.69) is 24.5 Å². The van der Waals surface area contributed by atoms with Crippen molar-refractivity contribution in [1.82, 2.24) is 0 Å². The zero-order valence-electron chi connectivity index (χ0n) is 8.82. The van der Waals surface area contributed by atoms with Gasteiger partial charge >= 0.3 is 0 Å². The average Bonchev–Trinajstić information content (AvgIpc) is 2.66. The van der Waals surface area contributed by atoms with E-state index < -0.39 is 0 Å². The number of hydrogen-bond donors (Lipinski definition) is 0. The molecular formula is C13H14OS. The largest absolute Gasteiger partial charge is 0.295 e. The molecule has 0 spiro atoms. The number of thioether (sulfide) groups is 1. The van der Waals surface area contributed by atoms with Crippen molar-refractivity contribution in [2.75, 3.05) is 6.26 Å². The normalized spacial score (nSPS) is 15.5. The van der Waals surface area contributed by atoms with Crippen molar-refractivity contribution in [1.29, 1.82) is 0 Å². The van der Waals surface area contributed by atoms with Gasteiger partial charge in [-0.3, -0.25) is 4.79 Å².